The largest absolute Gasteiger partial charge is 0.491 e. The molecule has 3 nitrogen and oxygen atoms in total. The van der Waals surface area contributed by atoms with Gasteiger partial charge < -0.3 is 14.8 Å². The summed E-state index contributed by atoms with van der Waals surface area (Å²) in [5, 5.41) is 4.14. The minimum atomic E-state index is 0.232. The third-order valence-corrected chi connectivity index (χ3v) is 3.70. The molecule has 0 saturated carbocycles. The van der Waals surface area contributed by atoms with Gasteiger partial charge in [0.25, 0.3) is 0 Å². The molecule has 1 aliphatic heterocycles. The number of rotatable bonds is 7. The van der Waals surface area contributed by atoms with E-state index in [9.17, 15) is 0 Å². The third-order valence-electron chi connectivity index (χ3n) is 3.46. The number of ether oxygens (including phenoxy) is 2. The molecule has 1 N–H and O–H groups in total. The highest BCUT2D eigenvalue weighted by Gasteiger charge is 2.15. The molecule has 4 heteroatoms. The molecular weight excluding hydrogens is 274 g/mol. The van der Waals surface area contributed by atoms with Crippen LogP contribution in [0.25, 0.3) is 0 Å². The van der Waals surface area contributed by atoms with Crippen molar-refractivity contribution >= 4 is 11.6 Å². The Bertz CT molecular complexity index is 405. The summed E-state index contributed by atoms with van der Waals surface area (Å²) in [6.07, 6.45) is 4.85. The fourth-order valence-electron chi connectivity index (χ4n) is 2.35. The van der Waals surface area contributed by atoms with Gasteiger partial charge in [-0.2, -0.15) is 0 Å². The van der Waals surface area contributed by atoms with Gasteiger partial charge in [-0.25, -0.2) is 0 Å². The zero-order chi connectivity index (χ0) is 14.2. The molecule has 112 valence electrons. The number of hydrogen-bond acceptors (Lipinski definition) is 3. The monoisotopic (exact) mass is 297 g/mol. The normalized spacial score (nSPS) is 19.0. The first-order chi connectivity index (χ1) is 9.79. The predicted octanol–water partition coefficient (Wildman–Crippen LogP) is 3.79. The SMILES string of the molecule is CCCNCc1cc(Cl)ccc1OCC1CCCCO1. The highest BCUT2D eigenvalue weighted by Crippen LogP contribution is 2.24. The van der Waals surface area contributed by atoms with Gasteiger partial charge >= 0.3 is 0 Å². The van der Waals surface area contributed by atoms with Crippen LogP contribution in [0.4, 0.5) is 0 Å². The molecule has 1 aromatic carbocycles. The van der Waals surface area contributed by atoms with E-state index in [1.807, 2.05) is 18.2 Å². The third kappa shape index (κ3) is 4.97. The first-order valence-electron chi connectivity index (χ1n) is 7.53. The second kappa shape index (κ2) is 8.50. The van der Waals surface area contributed by atoms with E-state index < -0.39 is 0 Å². The van der Waals surface area contributed by atoms with Crippen LogP contribution in [0.1, 0.15) is 38.2 Å². The summed E-state index contributed by atoms with van der Waals surface area (Å²) in [7, 11) is 0. The van der Waals surface area contributed by atoms with E-state index in [0.717, 1.165) is 48.9 Å². The topological polar surface area (TPSA) is 30.5 Å². The molecule has 1 aromatic rings. The number of nitrogens with one attached hydrogen (secondary N) is 1. The van der Waals surface area contributed by atoms with Crippen LogP contribution in [-0.2, 0) is 11.3 Å². The standard InChI is InChI=1S/C16H24ClNO2/c1-2-8-18-11-13-10-14(17)6-7-16(13)20-12-15-5-3-4-9-19-15/h6-7,10,15,18H,2-5,8-9,11-12H2,1H3. The highest BCUT2D eigenvalue weighted by molar-refractivity contribution is 6.30. The van der Waals surface area contributed by atoms with Crippen LogP contribution in [0.5, 0.6) is 5.75 Å². The van der Waals surface area contributed by atoms with Crippen LogP contribution in [0, 0.1) is 0 Å². The van der Waals surface area contributed by atoms with Crippen LogP contribution < -0.4 is 10.1 Å². The van der Waals surface area contributed by atoms with Gasteiger partial charge in [0, 0.05) is 23.7 Å². The van der Waals surface area contributed by atoms with Gasteiger partial charge in [-0.05, 0) is 50.4 Å². The Morgan fingerprint density at radius 3 is 3.05 bits per heavy atom. The van der Waals surface area contributed by atoms with Crippen molar-refractivity contribution in [3.63, 3.8) is 0 Å². The van der Waals surface area contributed by atoms with Gasteiger partial charge in [0.05, 0.1) is 6.10 Å². The van der Waals surface area contributed by atoms with E-state index in [4.69, 9.17) is 21.1 Å². The number of halogens is 1. The molecule has 0 amide bonds. The summed E-state index contributed by atoms with van der Waals surface area (Å²) in [5.74, 6) is 0.909. The lowest BCUT2D eigenvalue weighted by molar-refractivity contribution is -0.0112. The Hall–Kier alpha value is -0.770. The highest BCUT2D eigenvalue weighted by atomic mass is 35.5. The molecule has 1 unspecified atom stereocenters. The first kappa shape index (κ1) is 15.6. The van der Waals surface area contributed by atoms with E-state index in [0.29, 0.717) is 6.61 Å². The van der Waals surface area contributed by atoms with Crippen LogP contribution in [0.15, 0.2) is 18.2 Å². The molecule has 0 spiro atoms. The van der Waals surface area contributed by atoms with Crippen molar-refractivity contribution in [2.24, 2.45) is 0 Å². The van der Waals surface area contributed by atoms with Gasteiger partial charge in [0.1, 0.15) is 12.4 Å². The van der Waals surface area contributed by atoms with E-state index >= 15 is 0 Å². The van der Waals surface area contributed by atoms with Crippen LogP contribution >= 0.6 is 11.6 Å². The lowest BCUT2D eigenvalue weighted by Gasteiger charge is -2.23. The zero-order valence-corrected chi connectivity index (χ0v) is 12.9. The van der Waals surface area contributed by atoms with E-state index in [1.54, 1.807) is 0 Å². The van der Waals surface area contributed by atoms with Crippen molar-refractivity contribution < 1.29 is 9.47 Å². The Morgan fingerprint density at radius 1 is 1.40 bits per heavy atom. The molecule has 1 saturated heterocycles. The maximum absolute atomic E-state index is 6.07. The molecule has 20 heavy (non-hydrogen) atoms. The lowest BCUT2D eigenvalue weighted by atomic mass is 10.1. The predicted molar refractivity (Wildman–Crippen MR) is 82.5 cm³/mol. The fourth-order valence-corrected chi connectivity index (χ4v) is 2.54. The summed E-state index contributed by atoms with van der Waals surface area (Å²) in [5.41, 5.74) is 1.11. The number of benzene rings is 1. The van der Waals surface area contributed by atoms with Crippen molar-refractivity contribution in [1.82, 2.24) is 5.32 Å². The van der Waals surface area contributed by atoms with E-state index in [2.05, 4.69) is 12.2 Å². The lowest BCUT2D eigenvalue weighted by Crippen LogP contribution is -2.26. The average Bonchev–Trinajstić information content (AvgIpc) is 2.48. The molecular formula is C16H24ClNO2. The smallest absolute Gasteiger partial charge is 0.124 e. The maximum Gasteiger partial charge on any atom is 0.124 e. The molecule has 0 aliphatic carbocycles. The quantitative estimate of drug-likeness (QED) is 0.777. The average molecular weight is 298 g/mol. The molecule has 1 aliphatic rings. The van der Waals surface area contributed by atoms with Crippen molar-refractivity contribution in [3.05, 3.63) is 28.8 Å². The first-order valence-corrected chi connectivity index (χ1v) is 7.91. The van der Waals surface area contributed by atoms with Crippen molar-refractivity contribution in [3.8, 4) is 5.75 Å². The summed E-state index contributed by atoms with van der Waals surface area (Å²) < 4.78 is 11.6. The summed E-state index contributed by atoms with van der Waals surface area (Å²) in [6, 6.07) is 5.80. The van der Waals surface area contributed by atoms with E-state index in [-0.39, 0.29) is 6.10 Å². The van der Waals surface area contributed by atoms with Gasteiger partial charge in [-0.1, -0.05) is 18.5 Å². The zero-order valence-electron chi connectivity index (χ0n) is 12.2. The van der Waals surface area contributed by atoms with Gasteiger partial charge in [-0.3, -0.25) is 0 Å². The van der Waals surface area contributed by atoms with Crippen molar-refractivity contribution in [2.45, 2.75) is 45.3 Å². The Morgan fingerprint density at radius 2 is 2.30 bits per heavy atom. The van der Waals surface area contributed by atoms with Gasteiger partial charge in [-0.15, -0.1) is 0 Å². The Kier molecular flexibility index (Phi) is 6.64. The number of hydrogen-bond donors (Lipinski definition) is 1. The second-order valence-corrected chi connectivity index (χ2v) is 5.66. The van der Waals surface area contributed by atoms with E-state index in [1.165, 1.54) is 12.8 Å². The van der Waals surface area contributed by atoms with Crippen molar-refractivity contribution in [2.75, 3.05) is 19.8 Å². The summed E-state index contributed by atoms with van der Waals surface area (Å²) in [4.78, 5) is 0. The molecule has 1 heterocycles. The molecule has 0 radical (unpaired) electrons. The van der Waals surface area contributed by atoms with Crippen molar-refractivity contribution in [1.29, 1.82) is 0 Å². The van der Waals surface area contributed by atoms with Crippen LogP contribution in [0.3, 0.4) is 0 Å². The minimum Gasteiger partial charge on any atom is -0.491 e. The summed E-state index contributed by atoms with van der Waals surface area (Å²) in [6.45, 7) is 5.43. The van der Waals surface area contributed by atoms with Gasteiger partial charge in [0.15, 0.2) is 0 Å². The fraction of sp³-hybridized carbons (Fsp3) is 0.625. The Labute approximate surface area is 126 Å². The van der Waals surface area contributed by atoms with Crippen LogP contribution in [-0.4, -0.2) is 25.9 Å². The molecule has 1 fully saturated rings. The molecule has 0 bridgehead atoms. The second-order valence-electron chi connectivity index (χ2n) is 5.23. The maximum atomic E-state index is 6.07. The molecule has 0 aromatic heterocycles. The molecule has 1 atom stereocenters. The minimum absolute atomic E-state index is 0.232. The van der Waals surface area contributed by atoms with Crippen LogP contribution in [0.2, 0.25) is 5.02 Å². The summed E-state index contributed by atoms with van der Waals surface area (Å²) >= 11 is 6.07. The van der Waals surface area contributed by atoms with Gasteiger partial charge in [0.2, 0.25) is 0 Å². The molecule has 2 rings (SSSR count). The Balaban J connectivity index is 1.91.